The van der Waals surface area contributed by atoms with Crippen LogP contribution in [-0.2, 0) is 9.53 Å². The van der Waals surface area contributed by atoms with Gasteiger partial charge >= 0.3 is 0 Å². The van der Waals surface area contributed by atoms with Crippen molar-refractivity contribution in [3.8, 4) is 6.07 Å². The minimum Gasteiger partial charge on any atom is -0.366 e. The fourth-order valence-electron chi connectivity index (χ4n) is 1.82. The second-order valence-corrected chi connectivity index (χ2v) is 5.41. The number of rotatable bonds is 6. The summed E-state index contributed by atoms with van der Waals surface area (Å²) in [6, 6.07) is 6.14. The number of primary amides is 1. The van der Waals surface area contributed by atoms with Crippen molar-refractivity contribution in [2.45, 2.75) is 13.2 Å². The van der Waals surface area contributed by atoms with Crippen molar-refractivity contribution in [3.63, 3.8) is 0 Å². The fraction of sp³-hybridized carbons (Fsp3) is 0.214. The third-order valence-electron chi connectivity index (χ3n) is 2.89. The zero-order chi connectivity index (χ0) is 17.0. The number of hydrogen-bond acceptors (Lipinski definition) is 7. The van der Waals surface area contributed by atoms with Gasteiger partial charge in [0.2, 0.25) is 6.23 Å². The Hall–Kier alpha value is -2.70. The number of nitrogens with zero attached hydrogens (tertiary/aromatic N) is 2. The van der Waals surface area contributed by atoms with Crippen molar-refractivity contribution in [2.75, 3.05) is 17.7 Å². The largest absolute Gasteiger partial charge is 0.366 e. The fourth-order valence-corrected chi connectivity index (χ4v) is 2.50. The minimum absolute atomic E-state index is 0.0154. The van der Waals surface area contributed by atoms with Crippen LogP contribution in [-0.4, -0.2) is 23.6 Å². The molecule has 1 atom stereocenters. The van der Waals surface area contributed by atoms with Crippen LogP contribution >= 0.6 is 11.5 Å². The number of nitrogens with two attached hydrogens (primary N) is 1. The molecule has 0 spiro atoms. The predicted octanol–water partition coefficient (Wildman–Crippen LogP) is 2.08. The Kier molecular flexibility index (Phi) is 5.10. The summed E-state index contributed by atoms with van der Waals surface area (Å²) in [7, 11) is 1.27. The molecule has 0 unspecified atom stereocenters. The van der Waals surface area contributed by atoms with Crippen LogP contribution in [0.1, 0.15) is 11.3 Å². The number of methoxy groups -OCH3 is 1. The molecule has 0 aliphatic rings. The molecule has 120 valence electrons. The standard InChI is InChI=1S/C14H14FN5O2S/c1-7-3-12(23-20-7)18-10-5-11(9(15)4-8(10)6-16)19-14(22-2)13(17)21/h3-5,14,18-19H,1-2H3,(H2,17,21)/t14-/m1/s1. The van der Waals surface area contributed by atoms with Crippen LogP contribution < -0.4 is 16.4 Å². The number of anilines is 3. The summed E-state index contributed by atoms with van der Waals surface area (Å²) in [4.78, 5) is 11.2. The normalized spacial score (nSPS) is 11.6. The van der Waals surface area contributed by atoms with E-state index in [2.05, 4.69) is 15.0 Å². The van der Waals surface area contributed by atoms with E-state index in [-0.39, 0.29) is 11.3 Å². The number of ether oxygens (including phenoxy) is 1. The molecule has 2 aromatic rings. The van der Waals surface area contributed by atoms with Crippen LogP contribution in [0, 0.1) is 24.1 Å². The molecule has 0 radical (unpaired) electrons. The summed E-state index contributed by atoms with van der Waals surface area (Å²) < 4.78 is 23.0. The maximum absolute atomic E-state index is 14.1. The smallest absolute Gasteiger partial charge is 0.267 e. The number of halogens is 1. The number of nitrogens with one attached hydrogen (secondary N) is 2. The lowest BCUT2D eigenvalue weighted by atomic mass is 10.1. The highest BCUT2D eigenvalue weighted by Gasteiger charge is 2.18. The topological polar surface area (TPSA) is 113 Å². The molecule has 0 aliphatic heterocycles. The number of aryl methyl sites for hydroxylation is 1. The zero-order valence-corrected chi connectivity index (χ0v) is 13.2. The second kappa shape index (κ2) is 7.04. The molecule has 0 saturated heterocycles. The van der Waals surface area contributed by atoms with E-state index >= 15 is 0 Å². The van der Waals surface area contributed by atoms with Crippen LogP contribution in [0.3, 0.4) is 0 Å². The lowest BCUT2D eigenvalue weighted by Crippen LogP contribution is -2.37. The van der Waals surface area contributed by atoms with Gasteiger partial charge in [-0.15, -0.1) is 0 Å². The van der Waals surface area contributed by atoms with Gasteiger partial charge < -0.3 is 21.1 Å². The van der Waals surface area contributed by atoms with E-state index in [9.17, 15) is 9.18 Å². The maximum Gasteiger partial charge on any atom is 0.267 e. The first kappa shape index (κ1) is 16.7. The van der Waals surface area contributed by atoms with Crippen LogP contribution in [0.4, 0.5) is 20.8 Å². The summed E-state index contributed by atoms with van der Waals surface area (Å²) in [5.74, 6) is -1.49. The van der Waals surface area contributed by atoms with Crippen molar-refractivity contribution in [3.05, 3.63) is 35.3 Å². The number of carbonyl (C=O) groups excluding carboxylic acids is 1. The molecule has 1 heterocycles. The van der Waals surface area contributed by atoms with Gasteiger partial charge in [-0.05, 0) is 36.7 Å². The molecule has 7 nitrogen and oxygen atoms in total. The Morgan fingerprint density at radius 2 is 2.22 bits per heavy atom. The summed E-state index contributed by atoms with van der Waals surface area (Å²) in [6.07, 6.45) is -1.18. The van der Waals surface area contributed by atoms with Gasteiger partial charge in [0, 0.05) is 7.11 Å². The predicted molar refractivity (Wildman–Crippen MR) is 84.9 cm³/mol. The maximum atomic E-state index is 14.1. The van der Waals surface area contributed by atoms with Crippen molar-refractivity contribution in [1.29, 1.82) is 5.26 Å². The van der Waals surface area contributed by atoms with E-state index in [1.165, 1.54) is 24.7 Å². The number of nitriles is 1. The molecule has 2 rings (SSSR count). The summed E-state index contributed by atoms with van der Waals surface area (Å²) in [6.45, 7) is 1.83. The molecule has 4 N–H and O–H groups in total. The lowest BCUT2D eigenvalue weighted by molar-refractivity contribution is -0.126. The summed E-state index contributed by atoms with van der Waals surface area (Å²) >= 11 is 1.21. The number of carbonyl (C=O) groups is 1. The highest BCUT2D eigenvalue weighted by molar-refractivity contribution is 7.10. The molecule has 1 amide bonds. The van der Waals surface area contributed by atoms with E-state index < -0.39 is 18.0 Å². The van der Waals surface area contributed by atoms with Gasteiger partial charge in [0.25, 0.3) is 5.91 Å². The van der Waals surface area contributed by atoms with Gasteiger partial charge in [-0.2, -0.15) is 9.64 Å². The lowest BCUT2D eigenvalue weighted by Gasteiger charge is -2.17. The number of aromatic nitrogens is 1. The van der Waals surface area contributed by atoms with Gasteiger partial charge in [0.05, 0.1) is 22.6 Å². The van der Waals surface area contributed by atoms with Gasteiger partial charge in [-0.1, -0.05) is 0 Å². The van der Waals surface area contributed by atoms with Gasteiger partial charge in [-0.3, -0.25) is 4.79 Å². The van der Waals surface area contributed by atoms with E-state index in [1.807, 2.05) is 13.0 Å². The summed E-state index contributed by atoms with van der Waals surface area (Å²) in [5.41, 5.74) is 6.44. The minimum atomic E-state index is -1.18. The molecule has 1 aromatic carbocycles. The zero-order valence-electron chi connectivity index (χ0n) is 12.4. The molecule has 1 aromatic heterocycles. The van der Waals surface area contributed by atoms with Gasteiger partial charge in [-0.25, -0.2) is 4.39 Å². The monoisotopic (exact) mass is 335 g/mol. The van der Waals surface area contributed by atoms with E-state index in [1.54, 1.807) is 6.07 Å². The Bertz CT molecular complexity index is 771. The van der Waals surface area contributed by atoms with Crippen molar-refractivity contribution >= 4 is 33.8 Å². The molecule has 9 heteroatoms. The van der Waals surface area contributed by atoms with Crippen molar-refractivity contribution < 1.29 is 13.9 Å². The number of hydrogen-bond donors (Lipinski definition) is 3. The molecule has 0 fully saturated rings. The molecule has 0 saturated carbocycles. The molecular formula is C14H14FN5O2S. The Balaban J connectivity index is 2.35. The second-order valence-electron chi connectivity index (χ2n) is 4.61. The van der Waals surface area contributed by atoms with Crippen LogP contribution in [0.2, 0.25) is 0 Å². The molecule has 0 bridgehead atoms. The first-order valence-electron chi connectivity index (χ1n) is 6.47. The number of amides is 1. The van der Waals surface area contributed by atoms with Crippen LogP contribution in [0.25, 0.3) is 0 Å². The average molecular weight is 335 g/mol. The highest BCUT2D eigenvalue weighted by atomic mass is 32.1. The molecular weight excluding hydrogens is 321 g/mol. The highest BCUT2D eigenvalue weighted by Crippen LogP contribution is 2.29. The van der Waals surface area contributed by atoms with E-state index in [0.29, 0.717) is 10.7 Å². The van der Waals surface area contributed by atoms with Gasteiger partial charge in [0.1, 0.15) is 16.9 Å². The Morgan fingerprint density at radius 3 is 2.74 bits per heavy atom. The third kappa shape index (κ3) is 3.94. The summed E-state index contributed by atoms with van der Waals surface area (Å²) in [5, 5.41) is 15.4. The van der Waals surface area contributed by atoms with Gasteiger partial charge in [0.15, 0.2) is 0 Å². The average Bonchev–Trinajstić information content (AvgIpc) is 2.91. The quantitative estimate of drug-likeness (QED) is 0.697. The van der Waals surface area contributed by atoms with Crippen LogP contribution in [0.15, 0.2) is 18.2 Å². The molecule has 23 heavy (non-hydrogen) atoms. The van der Waals surface area contributed by atoms with E-state index in [4.69, 9.17) is 15.7 Å². The third-order valence-corrected chi connectivity index (χ3v) is 3.69. The van der Waals surface area contributed by atoms with Crippen molar-refractivity contribution in [2.24, 2.45) is 5.73 Å². The first-order chi connectivity index (χ1) is 10.9. The molecule has 0 aliphatic carbocycles. The number of benzene rings is 1. The Labute approximate surface area is 136 Å². The first-order valence-corrected chi connectivity index (χ1v) is 7.24. The van der Waals surface area contributed by atoms with E-state index in [0.717, 1.165) is 11.8 Å². The van der Waals surface area contributed by atoms with Crippen molar-refractivity contribution in [1.82, 2.24) is 4.37 Å². The Morgan fingerprint density at radius 1 is 1.48 bits per heavy atom. The SMILES string of the molecule is CO[C@@H](Nc1cc(Nc2cc(C)ns2)c(C#N)cc1F)C(N)=O. The van der Waals surface area contributed by atoms with Crippen LogP contribution in [0.5, 0.6) is 0 Å².